The fourth-order valence-corrected chi connectivity index (χ4v) is 2.03. The summed E-state index contributed by atoms with van der Waals surface area (Å²) in [7, 11) is 3.72. The van der Waals surface area contributed by atoms with Gasteiger partial charge in [0.15, 0.2) is 0 Å². The van der Waals surface area contributed by atoms with Crippen LogP contribution in [0.5, 0.6) is 0 Å². The normalized spacial score (nSPS) is 11.5. The Morgan fingerprint density at radius 3 is 2.14 bits per heavy atom. The largest absolute Gasteiger partial charge is 0.123 e. The van der Waals surface area contributed by atoms with Gasteiger partial charge in [0.05, 0.1) is 0 Å². The molecule has 0 aromatic carbocycles. The van der Waals surface area contributed by atoms with Crippen LogP contribution in [-0.4, -0.2) is 5.29 Å². The van der Waals surface area contributed by atoms with Crippen LogP contribution in [0.1, 0.15) is 73.1 Å². The van der Waals surface area contributed by atoms with Crippen molar-refractivity contribution in [3.05, 3.63) is 0 Å². The van der Waals surface area contributed by atoms with Gasteiger partial charge in [-0.15, -0.1) is 8.86 Å². The molecule has 0 saturated heterocycles. The minimum atomic E-state index is 0.861. The molecule has 0 spiro atoms. The van der Waals surface area contributed by atoms with Crippen LogP contribution >= 0.6 is 8.86 Å². The smallest absolute Gasteiger partial charge is 0.0253 e. The van der Waals surface area contributed by atoms with E-state index in [0.717, 1.165) is 5.92 Å². The molecule has 0 amide bonds. The molecule has 0 radical (unpaired) electrons. The van der Waals surface area contributed by atoms with Gasteiger partial charge in [0.25, 0.3) is 0 Å². The molecule has 0 aromatic rings. The second kappa shape index (κ2) is 13.2. The molecule has 1 heteroatoms. The second-order valence-corrected chi connectivity index (χ2v) is 4.51. The highest BCUT2D eigenvalue weighted by Gasteiger charge is 2.02. The van der Waals surface area contributed by atoms with Crippen molar-refractivity contribution in [2.75, 3.05) is 0 Å². The molecule has 0 saturated carbocycles. The summed E-state index contributed by atoms with van der Waals surface area (Å²) in [5, 5.41) is 1.51. The molecule has 0 aliphatic rings. The van der Waals surface area contributed by atoms with Gasteiger partial charge in [0, 0.05) is 0 Å². The monoisotopic (exact) mass is 216 g/mol. The Bertz CT molecular complexity index is 118. The van der Waals surface area contributed by atoms with Crippen LogP contribution in [-0.2, 0) is 0 Å². The van der Waals surface area contributed by atoms with Crippen molar-refractivity contribution in [2.45, 2.75) is 73.1 Å². The van der Waals surface area contributed by atoms with Crippen LogP contribution in [0.15, 0.2) is 0 Å². The number of rotatable bonds is 7. The summed E-state index contributed by atoms with van der Waals surface area (Å²) in [5.74, 6) is 0.861. The quantitative estimate of drug-likeness (QED) is 0.504. The highest BCUT2D eigenvalue weighted by atomic mass is 31.0. The Morgan fingerprint density at radius 2 is 1.71 bits per heavy atom. The summed E-state index contributed by atoms with van der Waals surface area (Å²) in [6.45, 7) is 10.8. The van der Waals surface area contributed by atoms with Crippen molar-refractivity contribution in [2.24, 2.45) is 5.92 Å². The van der Waals surface area contributed by atoms with E-state index in [2.05, 4.69) is 29.6 Å². The van der Waals surface area contributed by atoms with Crippen molar-refractivity contribution in [1.29, 1.82) is 0 Å². The van der Waals surface area contributed by atoms with Crippen LogP contribution in [0.2, 0.25) is 0 Å². The Hall–Kier alpha value is 0.170. The van der Waals surface area contributed by atoms with Gasteiger partial charge < -0.3 is 0 Å². The highest BCUT2D eigenvalue weighted by Crippen LogP contribution is 2.14. The first kappa shape index (κ1) is 16.6. The predicted molar refractivity (Wildman–Crippen MR) is 72.9 cm³/mol. The van der Waals surface area contributed by atoms with Gasteiger partial charge in [-0.2, -0.15) is 0 Å². The van der Waals surface area contributed by atoms with E-state index in [-0.39, 0.29) is 0 Å². The SMILES string of the molecule is CC.CCCCC(=P)CC(C)CCC. The van der Waals surface area contributed by atoms with E-state index in [4.69, 9.17) is 0 Å². The molecule has 1 atom stereocenters. The zero-order valence-corrected chi connectivity index (χ0v) is 11.8. The summed E-state index contributed by atoms with van der Waals surface area (Å²) < 4.78 is 0. The highest BCUT2D eigenvalue weighted by molar-refractivity contribution is 7.21. The zero-order valence-electron chi connectivity index (χ0n) is 10.8. The first-order chi connectivity index (χ1) is 6.70. The van der Waals surface area contributed by atoms with Crippen molar-refractivity contribution in [1.82, 2.24) is 0 Å². The van der Waals surface area contributed by atoms with E-state index in [1.807, 2.05) is 13.8 Å². The van der Waals surface area contributed by atoms with Crippen LogP contribution < -0.4 is 0 Å². The van der Waals surface area contributed by atoms with Crippen molar-refractivity contribution in [3.8, 4) is 0 Å². The van der Waals surface area contributed by atoms with E-state index in [9.17, 15) is 0 Å². The van der Waals surface area contributed by atoms with Gasteiger partial charge in [-0.3, -0.25) is 0 Å². The lowest BCUT2D eigenvalue weighted by Gasteiger charge is -2.10. The third kappa shape index (κ3) is 12.2. The second-order valence-electron chi connectivity index (χ2n) is 3.81. The molecule has 1 unspecified atom stereocenters. The van der Waals surface area contributed by atoms with Gasteiger partial charge in [-0.05, 0) is 30.5 Å². The molecule has 0 aliphatic carbocycles. The van der Waals surface area contributed by atoms with E-state index in [0.29, 0.717) is 0 Å². The van der Waals surface area contributed by atoms with Crippen LogP contribution in [0.3, 0.4) is 0 Å². The Kier molecular flexibility index (Phi) is 15.6. The van der Waals surface area contributed by atoms with Crippen LogP contribution in [0.4, 0.5) is 0 Å². The molecule has 14 heavy (non-hydrogen) atoms. The third-order valence-corrected chi connectivity index (χ3v) is 2.66. The summed E-state index contributed by atoms with van der Waals surface area (Å²) in [4.78, 5) is 0. The van der Waals surface area contributed by atoms with E-state index < -0.39 is 0 Å². The van der Waals surface area contributed by atoms with Gasteiger partial charge in [0.2, 0.25) is 0 Å². The first-order valence-electron chi connectivity index (χ1n) is 6.27. The summed E-state index contributed by atoms with van der Waals surface area (Å²) >= 11 is 0. The molecule has 0 N–H and O–H groups in total. The number of unbranched alkanes of at least 4 members (excludes halogenated alkanes) is 1. The van der Waals surface area contributed by atoms with Crippen molar-refractivity contribution in [3.63, 3.8) is 0 Å². The maximum absolute atomic E-state index is 3.72. The van der Waals surface area contributed by atoms with E-state index in [1.165, 1.54) is 43.8 Å². The van der Waals surface area contributed by atoms with E-state index >= 15 is 0 Å². The lowest BCUT2D eigenvalue weighted by atomic mass is 9.98. The maximum atomic E-state index is 3.72. The van der Waals surface area contributed by atoms with Gasteiger partial charge in [0.1, 0.15) is 0 Å². The van der Waals surface area contributed by atoms with E-state index in [1.54, 1.807) is 0 Å². The molecule has 0 rings (SSSR count). The average molecular weight is 216 g/mol. The van der Waals surface area contributed by atoms with Crippen molar-refractivity contribution < 1.29 is 0 Å². The minimum absolute atomic E-state index is 0.861. The fourth-order valence-electron chi connectivity index (χ4n) is 1.51. The first-order valence-corrected chi connectivity index (χ1v) is 6.77. The molecular weight excluding hydrogens is 187 g/mol. The summed E-state index contributed by atoms with van der Waals surface area (Å²) in [6, 6.07) is 0. The summed E-state index contributed by atoms with van der Waals surface area (Å²) in [6.07, 6.45) is 7.84. The molecule has 0 aromatic heterocycles. The molecule has 0 fully saturated rings. The standard InChI is InChI=1S/C11H23P.C2H6/c1-4-6-8-11(12)9-10(3)7-5-2;1-2/h10,12H,4-9H2,1-3H3;1-2H3. The molecule has 0 heterocycles. The van der Waals surface area contributed by atoms with Crippen LogP contribution in [0.25, 0.3) is 0 Å². The third-order valence-electron chi connectivity index (χ3n) is 2.21. The predicted octanol–water partition coefficient (Wildman–Crippen LogP) is 5.34. The number of hydrogen-bond acceptors (Lipinski definition) is 0. The Labute approximate surface area is 93.7 Å². The fraction of sp³-hybridized carbons (Fsp3) is 0.923. The Morgan fingerprint density at radius 1 is 1.14 bits per heavy atom. The molecule has 0 aliphatic heterocycles. The van der Waals surface area contributed by atoms with Gasteiger partial charge >= 0.3 is 0 Å². The maximum Gasteiger partial charge on any atom is -0.0253 e. The lowest BCUT2D eigenvalue weighted by Crippen LogP contribution is -2.02. The molecule has 86 valence electrons. The Balaban J connectivity index is 0. The van der Waals surface area contributed by atoms with Gasteiger partial charge in [-0.25, -0.2) is 0 Å². The van der Waals surface area contributed by atoms with Gasteiger partial charge in [-0.1, -0.05) is 53.9 Å². The molecule has 0 nitrogen and oxygen atoms in total. The minimum Gasteiger partial charge on any atom is -0.123 e. The number of hydrogen-bond donors (Lipinski definition) is 0. The summed E-state index contributed by atoms with van der Waals surface area (Å²) in [5.41, 5.74) is 0. The topological polar surface area (TPSA) is 0 Å². The zero-order chi connectivity index (χ0) is 11.4. The average Bonchev–Trinajstić information content (AvgIpc) is 2.18. The lowest BCUT2D eigenvalue weighted by molar-refractivity contribution is 0.543. The van der Waals surface area contributed by atoms with Crippen LogP contribution in [0, 0.1) is 5.92 Å². The van der Waals surface area contributed by atoms with Crippen molar-refractivity contribution >= 4 is 14.2 Å². The molecule has 0 bridgehead atoms. The molecular formula is C13H29P.